The maximum atomic E-state index is 13.0. The molecule has 1 fully saturated rings. The maximum absolute atomic E-state index is 13.0. The zero-order valence-corrected chi connectivity index (χ0v) is 14.8. The molecule has 2 aromatic heterocycles. The largest absolute Gasteiger partial charge is 0.341 e. The molecule has 1 atom stereocenters. The van der Waals surface area contributed by atoms with Gasteiger partial charge in [0.1, 0.15) is 17.8 Å². The fraction of sp³-hybridized carbons (Fsp3) is 0.350. The summed E-state index contributed by atoms with van der Waals surface area (Å²) in [7, 11) is 0. The molecule has 1 N–H and O–H groups in total. The molecular formula is C20H22FN5. The van der Waals surface area contributed by atoms with Crippen LogP contribution in [0.2, 0.25) is 0 Å². The second-order valence-electron chi connectivity index (χ2n) is 7.03. The number of nitrogens with one attached hydrogen (secondary N) is 1. The highest BCUT2D eigenvalue weighted by molar-refractivity contribution is 5.49. The number of benzene rings is 1. The van der Waals surface area contributed by atoms with E-state index in [2.05, 4.69) is 24.8 Å². The number of H-pyrrole nitrogens is 1. The lowest BCUT2D eigenvalue weighted by Gasteiger charge is -2.16. The van der Waals surface area contributed by atoms with Gasteiger partial charge in [0.25, 0.3) is 0 Å². The molecule has 3 aromatic rings. The summed E-state index contributed by atoms with van der Waals surface area (Å²) in [6.45, 7) is 4.96. The van der Waals surface area contributed by atoms with Gasteiger partial charge in [-0.15, -0.1) is 0 Å². The van der Waals surface area contributed by atoms with E-state index in [1.165, 1.54) is 12.1 Å². The summed E-state index contributed by atoms with van der Waals surface area (Å²) in [4.78, 5) is 18.8. The number of aromatic nitrogens is 4. The molecule has 134 valence electrons. The van der Waals surface area contributed by atoms with Gasteiger partial charge in [-0.3, -0.25) is 4.90 Å². The van der Waals surface area contributed by atoms with Gasteiger partial charge in [-0.2, -0.15) is 0 Å². The van der Waals surface area contributed by atoms with E-state index in [-0.39, 0.29) is 5.82 Å². The van der Waals surface area contributed by atoms with Crippen LogP contribution in [0.15, 0.2) is 42.9 Å². The first-order valence-corrected chi connectivity index (χ1v) is 8.95. The topological polar surface area (TPSA) is 57.7 Å². The third-order valence-electron chi connectivity index (χ3n) is 4.86. The van der Waals surface area contributed by atoms with Crippen molar-refractivity contribution in [2.45, 2.75) is 26.3 Å². The van der Waals surface area contributed by atoms with Crippen LogP contribution in [0.5, 0.6) is 0 Å². The van der Waals surface area contributed by atoms with Crippen molar-refractivity contribution in [2.75, 3.05) is 13.1 Å². The van der Waals surface area contributed by atoms with Gasteiger partial charge in [-0.1, -0.05) is 12.1 Å². The van der Waals surface area contributed by atoms with Crippen LogP contribution in [0.4, 0.5) is 4.39 Å². The van der Waals surface area contributed by atoms with Gasteiger partial charge < -0.3 is 4.98 Å². The Labute approximate surface area is 152 Å². The monoisotopic (exact) mass is 351 g/mol. The summed E-state index contributed by atoms with van der Waals surface area (Å²) in [5, 5.41) is 0. The highest BCUT2D eigenvalue weighted by Crippen LogP contribution is 2.23. The molecule has 0 aliphatic carbocycles. The van der Waals surface area contributed by atoms with Crippen LogP contribution in [0.25, 0.3) is 11.5 Å². The third-order valence-corrected chi connectivity index (χ3v) is 4.86. The van der Waals surface area contributed by atoms with Gasteiger partial charge in [0, 0.05) is 30.7 Å². The first kappa shape index (κ1) is 16.8. The predicted octanol–water partition coefficient (Wildman–Crippen LogP) is 3.38. The molecule has 0 bridgehead atoms. The van der Waals surface area contributed by atoms with E-state index in [0.29, 0.717) is 5.92 Å². The van der Waals surface area contributed by atoms with E-state index in [9.17, 15) is 4.39 Å². The number of hydrogen-bond acceptors (Lipinski definition) is 4. The number of hydrogen-bond donors (Lipinski definition) is 1. The molecule has 4 rings (SSSR count). The van der Waals surface area contributed by atoms with Gasteiger partial charge in [0.15, 0.2) is 5.82 Å². The van der Waals surface area contributed by atoms with E-state index in [1.54, 1.807) is 12.5 Å². The predicted molar refractivity (Wildman–Crippen MR) is 97.8 cm³/mol. The van der Waals surface area contributed by atoms with Crippen LogP contribution in [-0.2, 0) is 13.0 Å². The minimum Gasteiger partial charge on any atom is -0.341 e. The van der Waals surface area contributed by atoms with Gasteiger partial charge in [0.2, 0.25) is 0 Å². The molecule has 5 nitrogen and oxygen atoms in total. The molecule has 0 unspecified atom stereocenters. The van der Waals surface area contributed by atoms with Crippen LogP contribution in [0, 0.1) is 18.7 Å². The highest BCUT2D eigenvalue weighted by atomic mass is 19.1. The normalized spacial score (nSPS) is 17.7. The Bertz CT molecular complexity index is 874. The van der Waals surface area contributed by atoms with Crippen molar-refractivity contribution in [1.82, 2.24) is 24.8 Å². The Morgan fingerprint density at radius 2 is 2.04 bits per heavy atom. The molecule has 0 saturated carbocycles. The van der Waals surface area contributed by atoms with Crippen LogP contribution in [-0.4, -0.2) is 37.9 Å². The molecule has 1 saturated heterocycles. The first-order valence-electron chi connectivity index (χ1n) is 8.95. The van der Waals surface area contributed by atoms with Gasteiger partial charge in [-0.25, -0.2) is 19.3 Å². The maximum Gasteiger partial charge on any atom is 0.156 e. The number of nitrogens with zero attached hydrogens (tertiary/aromatic N) is 4. The van der Waals surface area contributed by atoms with Gasteiger partial charge >= 0.3 is 0 Å². The Hall–Kier alpha value is -2.60. The molecule has 1 aromatic carbocycles. The molecular weight excluding hydrogens is 329 g/mol. The molecule has 0 radical (unpaired) electrons. The number of likely N-dealkylation sites (tertiary alicyclic amines) is 1. The molecule has 1 aliphatic heterocycles. The number of aromatic amines is 1. The molecule has 26 heavy (non-hydrogen) atoms. The third kappa shape index (κ3) is 3.96. The van der Waals surface area contributed by atoms with Crippen molar-refractivity contribution in [1.29, 1.82) is 0 Å². The Kier molecular flexibility index (Phi) is 4.75. The van der Waals surface area contributed by atoms with E-state index >= 15 is 0 Å². The van der Waals surface area contributed by atoms with Crippen molar-refractivity contribution < 1.29 is 4.39 Å². The van der Waals surface area contributed by atoms with Crippen molar-refractivity contribution in [3.63, 3.8) is 0 Å². The summed E-state index contributed by atoms with van der Waals surface area (Å²) < 4.78 is 13.0. The number of halogens is 1. The van der Waals surface area contributed by atoms with Crippen molar-refractivity contribution in [3.05, 3.63) is 65.6 Å². The van der Waals surface area contributed by atoms with Crippen molar-refractivity contribution in [2.24, 2.45) is 5.92 Å². The Morgan fingerprint density at radius 1 is 1.19 bits per heavy atom. The molecule has 0 spiro atoms. The average molecular weight is 351 g/mol. The van der Waals surface area contributed by atoms with E-state index < -0.39 is 0 Å². The molecule has 6 heteroatoms. The van der Waals surface area contributed by atoms with Gasteiger partial charge in [0.05, 0.1) is 0 Å². The van der Waals surface area contributed by atoms with Crippen molar-refractivity contribution in [3.8, 4) is 11.5 Å². The lowest BCUT2D eigenvalue weighted by atomic mass is 10.0. The minimum absolute atomic E-state index is 0.181. The summed E-state index contributed by atoms with van der Waals surface area (Å²) in [6, 6.07) is 8.82. The smallest absolute Gasteiger partial charge is 0.156 e. The molecule has 0 amide bonds. The zero-order chi connectivity index (χ0) is 17.9. The first-order chi connectivity index (χ1) is 12.7. The minimum atomic E-state index is -0.181. The lowest BCUT2D eigenvalue weighted by molar-refractivity contribution is 0.316. The summed E-state index contributed by atoms with van der Waals surface area (Å²) in [5.41, 5.74) is 4.07. The quantitative estimate of drug-likeness (QED) is 0.766. The standard InChI is InChI=1S/C20H22FN5/c1-14-10-22-20(25-14)19-9-18(23-13-24-19)8-16-6-7-26(12-16)11-15-2-4-17(21)5-3-15/h2-5,9-10,13,16H,6-8,11-12H2,1H3,(H,22,25)/t16-/m0/s1. The fourth-order valence-electron chi connectivity index (χ4n) is 3.55. The second kappa shape index (κ2) is 7.33. The SMILES string of the molecule is Cc1cnc(-c2cc(C[C@@H]3CCN(Cc4ccc(F)cc4)C3)ncn2)[nH]1. The summed E-state index contributed by atoms with van der Waals surface area (Å²) in [5.74, 6) is 1.19. The fourth-order valence-corrected chi connectivity index (χ4v) is 3.55. The second-order valence-corrected chi connectivity index (χ2v) is 7.03. The van der Waals surface area contributed by atoms with Crippen LogP contribution < -0.4 is 0 Å². The highest BCUT2D eigenvalue weighted by Gasteiger charge is 2.23. The Balaban J connectivity index is 1.37. The summed E-state index contributed by atoms with van der Waals surface area (Å²) in [6.07, 6.45) is 5.52. The molecule has 3 heterocycles. The van der Waals surface area contributed by atoms with Crippen LogP contribution in [0.3, 0.4) is 0 Å². The van der Waals surface area contributed by atoms with E-state index in [4.69, 9.17) is 0 Å². The number of imidazole rings is 1. The lowest BCUT2D eigenvalue weighted by Crippen LogP contribution is -2.20. The summed E-state index contributed by atoms with van der Waals surface area (Å²) >= 11 is 0. The Morgan fingerprint density at radius 3 is 2.81 bits per heavy atom. The van der Waals surface area contributed by atoms with E-state index in [0.717, 1.165) is 60.9 Å². The van der Waals surface area contributed by atoms with Crippen molar-refractivity contribution >= 4 is 0 Å². The zero-order valence-electron chi connectivity index (χ0n) is 14.8. The molecule has 1 aliphatic rings. The van der Waals surface area contributed by atoms with Crippen LogP contribution in [0.1, 0.15) is 23.4 Å². The van der Waals surface area contributed by atoms with Gasteiger partial charge in [-0.05, 0) is 56.0 Å². The number of aryl methyl sites for hydroxylation is 1. The number of rotatable bonds is 5. The average Bonchev–Trinajstić information content (AvgIpc) is 3.26. The van der Waals surface area contributed by atoms with E-state index in [1.807, 2.05) is 25.1 Å². The van der Waals surface area contributed by atoms with Crippen LogP contribution >= 0.6 is 0 Å².